The summed E-state index contributed by atoms with van der Waals surface area (Å²) in [6.07, 6.45) is 3.56. The monoisotopic (exact) mass is 528 g/mol. The molecule has 0 fully saturated rings. The Bertz CT molecular complexity index is 1210. The highest BCUT2D eigenvalue weighted by Gasteiger charge is 2.37. The molecule has 0 saturated heterocycles. The summed E-state index contributed by atoms with van der Waals surface area (Å²) < 4.78 is 6.01. The summed E-state index contributed by atoms with van der Waals surface area (Å²) in [5.41, 5.74) is 0.794. The molecule has 2 aliphatic rings. The van der Waals surface area contributed by atoms with Gasteiger partial charge in [-0.05, 0) is 48.9 Å². The molecule has 2 heterocycles. The fourth-order valence-electron chi connectivity index (χ4n) is 3.69. The van der Waals surface area contributed by atoms with Gasteiger partial charge in [-0.3, -0.25) is 14.9 Å². The summed E-state index contributed by atoms with van der Waals surface area (Å²) in [6.45, 7) is 2.17. The van der Waals surface area contributed by atoms with Gasteiger partial charge in [-0.15, -0.1) is 5.10 Å². The number of carbonyl (C=O) groups is 2. The van der Waals surface area contributed by atoms with E-state index in [1.807, 2.05) is 12.1 Å². The zero-order valence-electron chi connectivity index (χ0n) is 18.5. The Balaban J connectivity index is 1.71. The first-order valence-corrected chi connectivity index (χ1v) is 12.7. The van der Waals surface area contributed by atoms with Crippen LogP contribution in [0.3, 0.4) is 0 Å². The number of hydrazone groups is 1. The molecule has 2 aromatic carbocycles. The summed E-state index contributed by atoms with van der Waals surface area (Å²) in [5, 5.41) is 10.7. The number of fused-ring (bicyclic) bond motifs is 2. The zero-order valence-corrected chi connectivity index (χ0v) is 20.9. The van der Waals surface area contributed by atoms with Gasteiger partial charge in [0.05, 0.1) is 12.5 Å². The number of hydrogen-bond donors (Lipinski definition) is 1. The van der Waals surface area contributed by atoms with Gasteiger partial charge in [-0.2, -0.15) is 0 Å². The number of ketones is 1. The maximum atomic E-state index is 13.5. The maximum absolute atomic E-state index is 13.5. The average Bonchev–Trinajstić information content (AvgIpc) is 2.83. The number of amides is 1. The number of nitrogens with one attached hydrogen (secondary N) is 1. The van der Waals surface area contributed by atoms with Crippen molar-refractivity contribution in [3.8, 4) is 5.75 Å². The Labute approximate surface area is 205 Å². The van der Waals surface area contributed by atoms with Crippen LogP contribution in [0.1, 0.15) is 43.0 Å². The van der Waals surface area contributed by atoms with Gasteiger partial charge in [0.2, 0.25) is 11.9 Å². The number of carbonyl (C=O) groups excluding carboxylic acids is 2. The van der Waals surface area contributed by atoms with Crippen molar-refractivity contribution in [2.75, 3.05) is 12.9 Å². The van der Waals surface area contributed by atoms with Gasteiger partial charge < -0.3 is 4.74 Å². The Hall–Kier alpha value is -2.65. The smallest absolute Gasteiger partial charge is 0.276 e. The Kier molecular flexibility index (Phi) is 7.49. The van der Waals surface area contributed by atoms with Crippen LogP contribution in [-0.2, 0) is 4.79 Å². The number of nitrogens with zero attached hydrogens (tertiary/aromatic N) is 3. The van der Waals surface area contributed by atoms with E-state index in [1.165, 1.54) is 29.6 Å². The van der Waals surface area contributed by atoms with Crippen molar-refractivity contribution in [2.45, 2.75) is 38.8 Å². The number of halogens is 1. The minimum atomic E-state index is -0.969. The van der Waals surface area contributed by atoms with E-state index in [9.17, 15) is 9.59 Å². The fourth-order valence-corrected chi connectivity index (χ4v) is 4.90. The van der Waals surface area contributed by atoms with Crippen LogP contribution in [0.4, 0.5) is 0 Å². The second-order valence-electron chi connectivity index (χ2n) is 7.72. The predicted molar refractivity (Wildman–Crippen MR) is 133 cm³/mol. The van der Waals surface area contributed by atoms with Crippen LogP contribution in [-0.4, -0.2) is 40.9 Å². The van der Waals surface area contributed by atoms with E-state index in [0.29, 0.717) is 32.8 Å². The largest absolute Gasteiger partial charge is 0.497 e. The van der Waals surface area contributed by atoms with Crippen molar-refractivity contribution in [2.24, 2.45) is 10.1 Å². The summed E-state index contributed by atoms with van der Waals surface area (Å²) in [5.74, 6) is 0.975. The third-order valence-corrected chi connectivity index (χ3v) is 6.86. The SMILES string of the molecule is CCCCCCSC1=NN2C(=c3cc(Br)ccc3=NC2C(=O)c2ccc(OC)cc2)C(=O)N1. The molecule has 7 nitrogen and oxygen atoms in total. The van der Waals surface area contributed by atoms with E-state index in [0.717, 1.165) is 23.1 Å². The van der Waals surface area contributed by atoms with Crippen molar-refractivity contribution in [1.82, 2.24) is 10.3 Å². The maximum Gasteiger partial charge on any atom is 0.276 e. The lowest BCUT2D eigenvalue weighted by molar-refractivity contribution is -0.115. The van der Waals surface area contributed by atoms with E-state index in [-0.39, 0.29) is 11.7 Å². The van der Waals surface area contributed by atoms with Crippen LogP contribution in [0, 0.1) is 0 Å². The molecular formula is C24H25BrN4O3S. The van der Waals surface area contributed by atoms with E-state index in [1.54, 1.807) is 37.4 Å². The fraction of sp³-hybridized carbons (Fsp3) is 0.333. The molecule has 1 amide bonds. The molecule has 1 unspecified atom stereocenters. The molecule has 1 atom stereocenters. The molecule has 172 valence electrons. The number of unbranched alkanes of at least 4 members (excludes halogenated alkanes) is 3. The Morgan fingerprint density at radius 1 is 1.18 bits per heavy atom. The van der Waals surface area contributed by atoms with Crippen LogP contribution in [0.25, 0.3) is 5.70 Å². The van der Waals surface area contributed by atoms with Crippen LogP contribution in [0.15, 0.2) is 57.0 Å². The molecule has 0 saturated carbocycles. The molecule has 9 heteroatoms. The van der Waals surface area contributed by atoms with Crippen molar-refractivity contribution >= 4 is 50.2 Å². The van der Waals surface area contributed by atoms with Gasteiger partial charge in [-0.25, -0.2) is 10.0 Å². The van der Waals surface area contributed by atoms with Gasteiger partial charge in [0.25, 0.3) is 5.91 Å². The van der Waals surface area contributed by atoms with E-state index >= 15 is 0 Å². The lowest BCUT2D eigenvalue weighted by Crippen LogP contribution is -2.54. The molecule has 2 aromatic rings. The second-order valence-corrected chi connectivity index (χ2v) is 9.72. The molecule has 0 spiro atoms. The van der Waals surface area contributed by atoms with E-state index in [2.05, 4.69) is 38.3 Å². The molecule has 2 aliphatic heterocycles. The number of thioether (sulfide) groups is 1. The first-order chi connectivity index (χ1) is 16.0. The van der Waals surface area contributed by atoms with Crippen LogP contribution < -0.4 is 20.6 Å². The lowest BCUT2D eigenvalue weighted by Gasteiger charge is -2.33. The number of benzene rings is 2. The van der Waals surface area contributed by atoms with Crippen LogP contribution >= 0.6 is 27.7 Å². The van der Waals surface area contributed by atoms with Gasteiger partial charge in [0, 0.05) is 21.0 Å². The molecular weight excluding hydrogens is 504 g/mol. The molecule has 0 aromatic heterocycles. The van der Waals surface area contributed by atoms with Crippen LogP contribution in [0.5, 0.6) is 5.75 Å². The number of Topliss-reactive ketones (excluding diaryl/α,β-unsaturated/α-hetero) is 1. The first-order valence-electron chi connectivity index (χ1n) is 10.9. The number of ether oxygens (including phenoxy) is 1. The molecule has 0 bridgehead atoms. The van der Waals surface area contributed by atoms with Gasteiger partial charge in [-0.1, -0.05) is 53.9 Å². The highest BCUT2D eigenvalue weighted by atomic mass is 79.9. The standard InChI is InChI=1S/C24H25BrN4O3S/c1-3-4-5-6-13-33-24-27-23(31)20-18-14-16(25)9-12-19(18)26-22(29(20)28-24)21(30)15-7-10-17(32-2)11-8-15/h7-12,14,22H,3-6,13H2,1-2H3,(H,27,28,31). The summed E-state index contributed by atoms with van der Waals surface area (Å²) in [6, 6.07) is 12.3. The summed E-state index contributed by atoms with van der Waals surface area (Å²) >= 11 is 4.95. The Morgan fingerprint density at radius 2 is 1.97 bits per heavy atom. The summed E-state index contributed by atoms with van der Waals surface area (Å²) in [7, 11) is 1.58. The first kappa shape index (κ1) is 23.5. The highest BCUT2D eigenvalue weighted by Crippen LogP contribution is 2.24. The zero-order chi connectivity index (χ0) is 23.4. The molecule has 0 aliphatic carbocycles. The number of hydrogen-bond acceptors (Lipinski definition) is 7. The van der Waals surface area contributed by atoms with Crippen LogP contribution in [0.2, 0.25) is 0 Å². The Morgan fingerprint density at radius 3 is 2.70 bits per heavy atom. The predicted octanol–water partition coefficient (Wildman–Crippen LogP) is 3.42. The average molecular weight is 529 g/mol. The van der Waals surface area contributed by atoms with Crippen molar-refractivity contribution in [3.63, 3.8) is 0 Å². The third-order valence-electron chi connectivity index (χ3n) is 5.42. The molecule has 4 rings (SSSR count). The number of amidine groups is 1. The van der Waals surface area contributed by atoms with Crippen molar-refractivity contribution < 1.29 is 14.3 Å². The van der Waals surface area contributed by atoms with Gasteiger partial charge >= 0.3 is 0 Å². The van der Waals surface area contributed by atoms with Gasteiger partial charge in [0.1, 0.15) is 11.4 Å². The molecule has 0 radical (unpaired) electrons. The minimum absolute atomic E-state index is 0.241. The van der Waals surface area contributed by atoms with Crippen molar-refractivity contribution in [1.29, 1.82) is 0 Å². The molecule has 1 N–H and O–H groups in total. The van der Waals surface area contributed by atoms with Gasteiger partial charge in [0.15, 0.2) is 5.17 Å². The minimum Gasteiger partial charge on any atom is -0.497 e. The molecule has 33 heavy (non-hydrogen) atoms. The third kappa shape index (κ3) is 5.14. The number of methoxy groups -OCH3 is 1. The lowest BCUT2D eigenvalue weighted by atomic mass is 10.1. The van der Waals surface area contributed by atoms with E-state index in [4.69, 9.17) is 4.74 Å². The summed E-state index contributed by atoms with van der Waals surface area (Å²) in [4.78, 5) is 31.3. The second kappa shape index (κ2) is 10.5. The van der Waals surface area contributed by atoms with Crippen molar-refractivity contribution in [3.05, 3.63) is 63.1 Å². The number of rotatable bonds is 8. The highest BCUT2D eigenvalue weighted by molar-refractivity contribution is 9.10. The topological polar surface area (TPSA) is 83.4 Å². The normalized spacial score (nSPS) is 16.9. The van der Waals surface area contributed by atoms with E-state index < -0.39 is 6.17 Å². The quantitative estimate of drug-likeness (QED) is 0.419.